The fraction of sp³-hybridized carbons (Fsp3) is 0.429. The summed E-state index contributed by atoms with van der Waals surface area (Å²) in [5.74, 6) is 0.461. The molecular weight excluding hydrogens is 364 g/mol. The highest BCUT2D eigenvalue weighted by molar-refractivity contribution is 6.27. The quantitative estimate of drug-likeness (QED) is 0.716. The van der Waals surface area contributed by atoms with E-state index in [1.54, 1.807) is 7.11 Å². The van der Waals surface area contributed by atoms with Crippen LogP contribution >= 0.6 is 11.6 Å². The number of carbonyl (C=O) groups is 2. The summed E-state index contributed by atoms with van der Waals surface area (Å²) in [5.41, 5.74) is 0.582. The van der Waals surface area contributed by atoms with Gasteiger partial charge in [0.25, 0.3) is 0 Å². The lowest BCUT2D eigenvalue weighted by atomic mass is 9.97. The van der Waals surface area contributed by atoms with Gasteiger partial charge in [-0.2, -0.15) is 0 Å². The van der Waals surface area contributed by atoms with E-state index in [1.807, 2.05) is 36.4 Å². The third-order valence-corrected chi connectivity index (χ3v) is 5.48. The zero-order chi connectivity index (χ0) is 19.3. The molecule has 2 amide bonds. The molecule has 0 unspecified atom stereocenters. The van der Waals surface area contributed by atoms with Crippen LogP contribution in [0.25, 0.3) is 10.8 Å². The molecule has 1 fully saturated rings. The first-order valence-corrected chi connectivity index (χ1v) is 9.78. The largest absolute Gasteiger partial charge is 0.497 e. The number of amides is 2. The van der Waals surface area contributed by atoms with Gasteiger partial charge in [-0.3, -0.25) is 9.59 Å². The van der Waals surface area contributed by atoms with Gasteiger partial charge in [0.05, 0.1) is 19.1 Å². The fourth-order valence-corrected chi connectivity index (χ4v) is 3.89. The van der Waals surface area contributed by atoms with Gasteiger partial charge in [0, 0.05) is 6.54 Å². The van der Waals surface area contributed by atoms with Gasteiger partial charge in [0.1, 0.15) is 11.6 Å². The van der Waals surface area contributed by atoms with Crippen LogP contribution in [0.2, 0.25) is 0 Å². The van der Waals surface area contributed by atoms with Crippen molar-refractivity contribution >= 4 is 34.2 Å². The molecule has 27 heavy (non-hydrogen) atoms. The van der Waals surface area contributed by atoms with Crippen LogP contribution in [0.1, 0.15) is 31.2 Å². The average Bonchev–Trinajstić information content (AvgIpc) is 3.15. The Morgan fingerprint density at radius 1 is 1.15 bits per heavy atom. The predicted octanol–water partition coefficient (Wildman–Crippen LogP) is 3.17. The molecule has 5 nitrogen and oxygen atoms in total. The zero-order valence-corrected chi connectivity index (χ0v) is 16.3. The molecule has 0 aromatic heterocycles. The molecule has 144 valence electrons. The number of benzene rings is 2. The second-order valence-corrected chi connectivity index (χ2v) is 7.39. The maximum Gasteiger partial charge on any atom is 0.235 e. The van der Waals surface area contributed by atoms with Gasteiger partial charge in [-0.15, -0.1) is 11.6 Å². The number of halogens is 1. The van der Waals surface area contributed by atoms with Gasteiger partial charge in [0.15, 0.2) is 0 Å². The van der Waals surface area contributed by atoms with Crippen LogP contribution in [0.4, 0.5) is 0 Å². The van der Waals surface area contributed by atoms with Crippen LogP contribution in [0.3, 0.4) is 0 Å². The molecule has 2 N–H and O–H groups in total. The molecule has 0 atom stereocenters. The third kappa shape index (κ3) is 4.72. The summed E-state index contributed by atoms with van der Waals surface area (Å²) >= 11 is 5.63. The van der Waals surface area contributed by atoms with Crippen LogP contribution in [-0.4, -0.2) is 36.9 Å². The van der Waals surface area contributed by atoms with Crippen molar-refractivity contribution in [3.05, 3.63) is 42.0 Å². The lowest BCUT2D eigenvalue weighted by Gasteiger charge is -2.30. The highest BCUT2D eigenvalue weighted by Crippen LogP contribution is 2.29. The van der Waals surface area contributed by atoms with E-state index in [4.69, 9.17) is 16.3 Å². The minimum absolute atomic E-state index is 0.0586. The molecule has 0 aliphatic heterocycles. The number of rotatable bonds is 7. The Morgan fingerprint density at radius 3 is 2.63 bits per heavy atom. The molecule has 1 saturated carbocycles. The first-order chi connectivity index (χ1) is 13.0. The van der Waals surface area contributed by atoms with E-state index in [0.717, 1.165) is 47.8 Å². The van der Waals surface area contributed by atoms with Crippen molar-refractivity contribution in [1.82, 2.24) is 10.6 Å². The van der Waals surface area contributed by atoms with Crippen molar-refractivity contribution in [2.24, 2.45) is 0 Å². The number of fused-ring (bicyclic) bond motifs is 1. The van der Waals surface area contributed by atoms with Crippen LogP contribution in [-0.2, 0) is 16.0 Å². The SMILES string of the molecule is COc1ccc2cccc(CC(=O)NCC3(NC(=O)CCl)CCCC3)c2c1. The average molecular weight is 389 g/mol. The summed E-state index contributed by atoms with van der Waals surface area (Å²) in [5, 5.41) is 8.10. The van der Waals surface area contributed by atoms with Gasteiger partial charge in [-0.1, -0.05) is 37.1 Å². The highest BCUT2D eigenvalue weighted by Gasteiger charge is 2.35. The summed E-state index contributed by atoms with van der Waals surface area (Å²) in [4.78, 5) is 24.3. The molecule has 0 bridgehead atoms. The standard InChI is InChI=1S/C21H25ClN2O3/c1-27-17-8-7-15-5-4-6-16(18(15)12-17)11-19(25)23-14-21(9-2-3-10-21)24-20(26)13-22/h4-8,12H,2-3,9-11,13-14H2,1H3,(H,23,25)(H,24,26). The first kappa shape index (κ1) is 19.5. The molecular formula is C21H25ClN2O3. The van der Waals surface area contributed by atoms with Crippen LogP contribution in [0.5, 0.6) is 5.75 Å². The van der Waals surface area contributed by atoms with Crippen molar-refractivity contribution in [2.45, 2.75) is 37.6 Å². The number of methoxy groups -OCH3 is 1. The van der Waals surface area contributed by atoms with Gasteiger partial charge < -0.3 is 15.4 Å². The van der Waals surface area contributed by atoms with Gasteiger partial charge in [-0.25, -0.2) is 0 Å². The minimum atomic E-state index is -0.371. The fourth-order valence-electron chi connectivity index (χ4n) is 3.83. The second-order valence-electron chi connectivity index (χ2n) is 7.13. The van der Waals surface area contributed by atoms with E-state index < -0.39 is 0 Å². The smallest absolute Gasteiger partial charge is 0.235 e. The van der Waals surface area contributed by atoms with Crippen molar-refractivity contribution in [1.29, 1.82) is 0 Å². The number of hydrogen-bond acceptors (Lipinski definition) is 3. The monoisotopic (exact) mass is 388 g/mol. The maximum atomic E-state index is 12.6. The summed E-state index contributed by atoms with van der Waals surface area (Å²) in [6.07, 6.45) is 4.09. The molecule has 2 aromatic carbocycles. The van der Waals surface area contributed by atoms with E-state index in [9.17, 15) is 9.59 Å². The summed E-state index contributed by atoms with van der Waals surface area (Å²) in [7, 11) is 1.63. The molecule has 0 radical (unpaired) electrons. The molecule has 0 saturated heterocycles. The number of hydrogen-bond donors (Lipinski definition) is 2. The summed E-state index contributed by atoms with van der Waals surface area (Å²) in [6, 6.07) is 11.8. The van der Waals surface area contributed by atoms with Crippen LogP contribution in [0.15, 0.2) is 36.4 Å². The molecule has 2 aromatic rings. The lowest BCUT2D eigenvalue weighted by molar-refractivity contribution is -0.123. The van der Waals surface area contributed by atoms with E-state index in [2.05, 4.69) is 10.6 Å². The number of nitrogens with one attached hydrogen (secondary N) is 2. The normalized spacial score (nSPS) is 15.5. The molecule has 3 rings (SSSR count). The van der Waals surface area contributed by atoms with Gasteiger partial charge >= 0.3 is 0 Å². The molecule has 1 aliphatic rings. The zero-order valence-electron chi connectivity index (χ0n) is 15.5. The van der Waals surface area contributed by atoms with Crippen molar-refractivity contribution in [3.63, 3.8) is 0 Å². The molecule has 1 aliphatic carbocycles. The van der Waals surface area contributed by atoms with E-state index >= 15 is 0 Å². The molecule has 0 spiro atoms. The van der Waals surface area contributed by atoms with Crippen molar-refractivity contribution < 1.29 is 14.3 Å². The van der Waals surface area contributed by atoms with Gasteiger partial charge in [0.2, 0.25) is 11.8 Å². The Morgan fingerprint density at radius 2 is 1.93 bits per heavy atom. The van der Waals surface area contributed by atoms with Crippen molar-refractivity contribution in [3.8, 4) is 5.75 Å². The highest BCUT2D eigenvalue weighted by atomic mass is 35.5. The molecule has 0 heterocycles. The summed E-state index contributed by atoms with van der Waals surface area (Å²) < 4.78 is 5.31. The Bertz CT molecular complexity index is 831. The predicted molar refractivity (Wildman–Crippen MR) is 107 cm³/mol. The minimum Gasteiger partial charge on any atom is -0.497 e. The third-order valence-electron chi connectivity index (χ3n) is 5.24. The Labute approximate surface area is 164 Å². The van der Waals surface area contributed by atoms with Crippen LogP contribution < -0.4 is 15.4 Å². The second kappa shape index (κ2) is 8.61. The van der Waals surface area contributed by atoms with E-state index in [-0.39, 0.29) is 29.7 Å². The van der Waals surface area contributed by atoms with E-state index in [0.29, 0.717) is 6.54 Å². The molecule has 6 heteroatoms. The van der Waals surface area contributed by atoms with Crippen molar-refractivity contribution in [2.75, 3.05) is 19.5 Å². The Hall–Kier alpha value is -2.27. The number of ether oxygens (including phenoxy) is 1. The first-order valence-electron chi connectivity index (χ1n) is 9.24. The van der Waals surface area contributed by atoms with E-state index in [1.165, 1.54) is 0 Å². The van der Waals surface area contributed by atoms with Gasteiger partial charge in [-0.05, 0) is 41.3 Å². The summed E-state index contributed by atoms with van der Waals surface area (Å²) in [6.45, 7) is 0.433. The Balaban J connectivity index is 1.68. The Kier molecular flexibility index (Phi) is 6.22. The number of alkyl halides is 1. The van der Waals surface area contributed by atoms with Crippen LogP contribution in [0, 0.1) is 0 Å². The number of carbonyl (C=O) groups excluding carboxylic acids is 2. The maximum absolute atomic E-state index is 12.6. The lowest BCUT2D eigenvalue weighted by Crippen LogP contribution is -2.54. The topological polar surface area (TPSA) is 67.4 Å².